The van der Waals surface area contributed by atoms with Gasteiger partial charge in [0.05, 0.1) is 18.7 Å². The largest absolute Gasteiger partial charge is 0.493 e. The molecule has 0 radical (unpaired) electrons. The summed E-state index contributed by atoms with van der Waals surface area (Å²) in [5, 5.41) is 2.87. The predicted octanol–water partition coefficient (Wildman–Crippen LogP) is 4.47. The Morgan fingerprint density at radius 1 is 1.10 bits per heavy atom. The van der Waals surface area contributed by atoms with Gasteiger partial charge < -0.3 is 10.1 Å². The highest BCUT2D eigenvalue weighted by atomic mass is 79.9. The lowest BCUT2D eigenvalue weighted by atomic mass is 10.2. The van der Waals surface area contributed by atoms with Crippen molar-refractivity contribution < 1.29 is 9.53 Å². The van der Waals surface area contributed by atoms with Crippen molar-refractivity contribution in [1.82, 2.24) is 0 Å². The van der Waals surface area contributed by atoms with Crippen molar-refractivity contribution in [3.8, 4) is 5.75 Å². The zero-order chi connectivity index (χ0) is 15.2. The van der Waals surface area contributed by atoms with Gasteiger partial charge in [-0.05, 0) is 59.6 Å². The Balaban J connectivity index is 1.81. The molecule has 2 rings (SSSR count). The van der Waals surface area contributed by atoms with Crippen molar-refractivity contribution in [3.63, 3.8) is 0 Å². The summed E-state index contributed by atoms with van der Waals surface area (Å²) in [6, 6.07) is 13.6. The summed E-state index contributed by atoms with van der Waals surface area (Å²) in [5.41, 5.74) is 3.10. The van der Waals surface area contributed by atoms with Crippen molar-refractivity contribution in [2.24, 2.45) is 0 Å². The molecular formula is C17H18BrNO2. The van der Waals surface area contributed by atoms with E-state index in [1.165, 1.54) is 5.56 Å². The number of ether oxygens (including phenoxy) is 1. The highest BCUT2D eigenvalue weighted by Gasteiger charge is 2.06. The van der Waals surface area contributed by atoms with Crippen molar-refractivity contribution >= 4 is 27.5 Å². The number of benzene rings is 2. The standard InChI is InChI=1S/C17H18BrNO2/c1-12-3-6-14(7-4-12)21-10-9-17(20)19-16-8-5-13(2)11-15(16)18/h3-8,11H,9-10H2,1-2H3,(H,19,20). The van der Waals surface area contributed by atoms with Gasteiger partial charge in [0.2, 0.25) is 5.91 Å². The van der Waals surface area contributed by atoms with Crippen LogP contribution in [-0.2, 0) is 4.79 Å². The molecule has 1 N–H and O–H groups in total. The maximum Gasteiger partial charge on any atom is 0.227 e. The smallest absolute Gasteiger partial charge is 0.227 e. The van der Waals surface area contributed by atoms with Gasteiger partial charge in [-0.25, -0.2) is 0 Å². The quantitative estimate of drug-likeness (QED) is 0.866. The number of carbonyl (C=O) groups is 1. The van der Waals surface area contributed by atoms with E-state index < -0.39 is 0 Å². The second-order valence-electron chi connectivity index (χ2n) is 4.94. The number of anilines is 1. The molecule has 110 valence electrons. The lowest BCUT2D eigenvalue weighted by Crippen LogP contribution is -2.15. The van der Waals surface area contributed by atoms with E-state index in [4.69, 9.17) is 4.74 Å². The Morgan fingerprint density at radius 3 is 2.43 bits per heavy atom. The summed E-state index contributed by atoms with van der Waals surface area (Å²) in [4.78, 5) is 11.9. The summed E-state index contributed by atoms with van der Waals surface area (Å²) < 4.78 is 6.43. The molecule has 21 heavy (non-hydrogen) atoms. The molecule has 0 bridgehead atoms. The van der Waals surface area contributed by atoms with E-state index in [0.29, 0.717) is 13.0 Å². The summed E-state index contributed by atoms with van der Waals surface area (Å²) in [5.74, 6) is 0.719. The molecule has 1 amide bonds. The zero-order valence-corrected chi connectivity index (χ0v) is 13.7. The fourth-order valence-electron chi connectivity index (χ4n) is 1.83. The minimum absolute atomic E-state index is 0.0633. The van der Waals surface area contributed by atoms with Crippen LogP contribution in [0.2, 0.25) is 0 Å². The van der Waals surface area contributed by atoms with Crippen LogP contribution in [0.5, 0.6) is 5.75 Å². The maximum absolute atomic E-state index is 11.9. The molecule has 0 unspecified atom stereocenters. The molecule has 2 aromatic carbocycles. The van der Waals surface area contributed by atoms with Crippen LogP contribution in [0, 0.1) is 13.8 Å². The number of amides is 1. The third kappa shape index (κ3) is 4.90. The van der Waals surface area contributed by atoms with Crippen LogP contribution in [0.3, 0.4) is 0 Å². The molecule has 0 atom stereocenters. The molecule has 3 nitrogen and oxygen atoms in total. The van der Waals surface area contributed by atoms with Gasteiger partial charge in [-0.1, -0.05) is 23.8 Å². The van der Waals surface area contributed by atoms with Gasteiger partial charge >= 0.3 is 0 Å². The van der Waals surface area contributed by atoms with Crippen LogP contribution in [0.25, 0.3) is 0 Å². The highest BCUT2D eigenvalue weighted by molar-refractivity contribution is 9.10. The molecule has 0 aliphatic carbocycles. The lowest BCUT2D eigenvalue weighted by molar-refractivity contribution is -0.116. The molecular weight excluding hydrogens is 330 g/mol. The topological polar surface area (TPSA) is 38.3 Å². The first-order chi connectivity index (χ1) is 10.0. The SMILES string of the molecule is Cc1ccc(OCCC(=O)Nc2ccc(C)cc2Br)cc1. The van der Waals surface area contributed by atoms with Crippen LogP contribution < -0.4 is 10.1 Å². The van der Waals surface area contributed by atoms with E-state index >= 15 is 0 Å². The number of nitrogens with one attached hydrogen (secondary N) is 1. The minimum atomic E-state index is -0.0633. The molecule has 4 heteroatoms. The number of rotatable bonds is 5. The first-order valence-electron chi connectivity index (χ1n) is 6.80. The fourth-order valence-corrected chi connectivity index (χ4v) is 2.42. The number of aryl methyl sites for hydroxylation is 2. The van der Waals surface area contributed by atoms with Gasteiger partial charge in [-0.2, -0.15) is 0 Å². The lowest BCUT2D eigenvalue weighted by Gasteiger charge is -2.09. The van der Waals surface area contributed by atoms with Crippen LogP contribution in [0.4, 0.5) is 5.69 Å². The van der Waals surface area contributed by atoms with E-state index in [1.807, 2.05) is 56.3 Å². The molecule has 0 aliphatic rings. The number of halogens is 1. The molecule has 0 saturated heterocycles. The van der Waals surface area contributed by atoms with Gasteiger partial charge in [-0.15, -0.1) is 0 Å². The molecule has 0 fully saturated rings. The van der Waals surface area contributed by atoms with Crippen LogP contribution in [0.15, 0.2) is 46.9 Å². The highest BCUT2D eigenvalue weighted by Crippen LogP contribution is 2.23. The molecule has 0 aromatic heterocycles. The van der Waals surface area contributed by atoms with Crippen LogP contribution in [-0.4, -0.2) is 12.5 Å². The molecule has 0 saturated carbocycles. The van der Waals surface area contributed by atoms with Gasteiger partial charge in [0.1, 0.15) is 5.75 Å². The predicted molar refractivity (Wildman–Crippen MR) is 88.8 cm³/mol. The molecule has 0 aliphatic heterocycles. The van der Waals surface area contributed by atoms with E-state index in [9.17, 15) is 4.79 Å². The second kappa shape index (κ2) is 7.27. The Bertz CT molecular complexity index is 623. The monoisotopic (exact) mass is 347 g/mol. The third-order valence-corrected chi connectivity index (χ3v) is 3.67. The molecule has 2 aromatic rings. The van der Waals surface area contributed by atoms with Gasteiger partial charge in [-0.3, -0.25) is 4.79 Å². The van der Waals surface area contributed by atoms with Gasteiger partial charge in [0.15, 0.2) is 0 Å². The Labute approximate surface area is 133 Å². The van der Waals surface area contributed by atoms with E-state index in [2.05, 4.69) is 21.2 Å². The number of hydrogen-bond donors (Lipinski definition) is 1. The van der Waals surface area contributed by atoms with Crippen LogP contribution in [0.1, 0.15) is 17.5 Å². The molecule has 0 spiro atoms. The summed E-state index contributed by atoms with van der Waals surface area (Å²) in [7, 11) is 0. The Hall–Kier alpha value is -1.81. The van der Waals surface area contributed by atoms with Crippen molar-refractivity contribution in [1.29, 1.82) is 0 Å². The first kappa shape index (κ1) is 15.6. The molecule has 0 heterocycles. The van der Waals surface area contributed by atoms with Gasteiger partial charge in [0, 0.05) is 4.47 Å². The van der Waals surface area contributed by atoms with Crippen molar-refractivity contribution in [2.75, 3.05) is 11.9 Å². The van der Waals surface area contributed by atoms with Crippen LogP contribution >= 0.6 is 15.9 Å². The van der Waals surface area contributed by atoms with E-state index in [-0.39, 0.29) is 5.91 Å². The second-order valence-corrected chi connectivity index (χ2v) is 5.80. The summed E-state index contributed by atoms with van der Waals surface area (Å²) >= 11 is 3.44. The van der Waals surface area contributed by atoms with E-state index in [0.717, 1.165) is 21.5 Å². The summed E-state index contributed by atoms with van der Waals surface area (Å²) in [6.07, 6.45) is 0.314. The maximum atomic E-state index is 11.9. The van der Waals surface area contributed by atoms with Gasteiger partial charge in [0.25, 0.3) is 0 Å². The van der Waals surface area contributed by atoms with Crippen molar-refractivity contribution in [3.05, 3.63) is 58.1 Å². The number of hydrogen-bond acceptors (Lipinski definition) is 2. The van der Waals surface area contributed by atoms with E-state index in [1.54, 1.807) is 0 Å². The minimum Gasteiger partial charge on any atom is -0.493 e. The zero-order valence-electron chi connectivity index (χ0n) is 12.2. The average Bonchev–Trinajstić information content (AvgIpc) is 2.44. The number of carbonyl (C=O) groups excluding carboxylic acids is 1. The average molecular weight is 348 g/mol. The Kier molecular flexibility index (Phi) is 5.39. The first-order valence-corrected chi connectivity index (χ1v) is 7.59. The third-order valence-electron chi connectivity index (χ3n) is 3.02. The Morgan fingerprint density at radius 2 is 1.76 bits per heavy atom. The van der Waals surface area contributed by atoms with Crippen molar-refractivity contribution in [2.45, 2.75) is 20.3 Å². The summed E-state index contributed by atoms with van der Waals surface area (Å²) in [6.45, 7) is 4.39. The normalized spacial score (nSPS) is 10.2. The fraction of sp³-hybridized carbons (Fsp3) is 0.235.